The highest BCUT2D eigenvalue weighted by molar-refractivity contribution is 5.83. The molecule has 1 aromatic carbocycles. The number of nitriles is 1. The van der Waals surface area contributed by atoms with Gasteiger partial charge in [-0.15, -0.1) is 0 Å². The van der Waals surface area contributed by atoms with Gasteiger partial charge in [-0.3, -0.25) is 4.68 Å². The van der Waals surface area contributed by atoms with Gasteiger partial charge < -0.3 is 0 Å². The SMILES string of the molecule is CCCn1nc(C)c2cc(C#N)ccc21. The minimum Gasteiger partial charge on any atom is -0.265 e. The van der Waals surface area contributed by atoms with Crippen molar-refractivity contribution < 1.29 is 0 Å². The van der Waals surface area contributed by atoms with E-state index < -0.39 is 0 Å². The van der Waals surface area contributed by atoms with Crippen LogP contribution in [0.5, 0.6) is 0 Å². The smallest absolute Gasteiger partial charge is 0.0991 e. The molecule has 0 saturated heterocycles. The van der Waals surface area contributed by atoms with Crippen LogP contribution in [0.1, 0.15) is 24.6 Å². The lowest BCUT2D eigenvalue weighted by Gasteiger charge is -1.99. The Morgan fingerprint density at radius 2 is 2.27 bits per heavy atom. The standard InChI is InChI=1S/C12H13N3/c1-3-6-15-12-5-4-10(8-13)7-11(12)9(2)14-15/h4-5,7H,3,6H2,1-2H3. The zero-order valence-electron chi connectivity index (χ0n) is 8.99. The third-order valence-corrected chi connectivity index (χ3v) is 2.50. The molecule has 3 heteroatoms. The normalized spacial score (nSPS) is 10.5. The van der Waals surface area contributed by atoms with Gasteiger partial charge in [0.1, 0.15) is 0 Å². The average molecular weight is 199 g/mol. The summed E-state index contributed by atoms with van der Waals surface area (Å²) in [5.74, 6) is 0. The first-order chi connectivity index (χ1) is 7.26. The van der Waals surface area contributed by atoms with Crippen molar-refractivity contribution in [2.45, 2.75) is 26.8 Å². The van der Waals surface area contributed by atoms with Gasteiger partial charge in [0.05, 0.1) is 22.8 Å². The number of fused-ring (bicyclic) bond motifs is 1. The molecule has 0 saturated carbocycles. The van der Waals surface area contributed by atoms with Crippen LogP contribution in [0.4, 0.5) is 0 Å². The van der Waals surface area contributed by atoms with Crippen LogP contribution in [0.3, 0.4) is 0 Å². The molecule has 0 N–H and O–H groups in total. The van der Waals surface area contributed by atoms with Crippen molar-refractivity contribution >= 4 is 10.9 Å². The molecular weight excluding hydrogens is 186 g/mol. The van der Waals surface area contributed by atoms with Crippen LogP contribution in [0.15, 0.2) is 18.2 Å². The van der Waals surface area contributed by atoms with Crippen molar-refractivity contribution in [3.05, 3.63) is 29.5 Å². The van der Waals surface area contributed by atoms with E-state index in [9.17, 15) is 0 Å². The molecule has 0 fully saturated rings. The predicted octanol–water partition coefficient (Wildman–Crippen LogP) is 2.63. The molecule has 1 aromatic heterocycles. The Morgan fingerprint density at radius 3 is 2.93 bits per heavy atom. The van der Waals surface area contributed by atoms with Crippen molar-refractivity contribution in [2.75, 3.05) is 0 Å². The van der Waals surface area contributed by atoms with Crippen molar-refractivity contribution in [1.29, 1.82) is 5.26 Å². The van der Waals surface area contributed by atoms with E-state index in [1.807, 2.05) is 29.8 Å². The van der Waals surface area contributed by atoms with Crippen molar-refractivity contribution in [1.82, 2.24) is 9.78 Å². The van der Waals surface area contributed by atoms with Crippen molar-refractivity contribution in [3.8, 4) is 6.07 Å². The summed E-state index contributed by atoms with van der Waals surface area (Å²) in [4.78, 5) is 0. The molecular formula is C12H13N3. The second kappa shape index (κ2) is 3.74. The first kappa shape index (κ1) is 9.72. The molecule has 1 heterocycles. The van der Waals surface area contributed by atoms with Gasteiger partial charge in [-0.25, -0.2) is 0 Å². The summed E-state index contributed by atoms with van der Waals surface area (Å²) < 4.78 is 2.01. The fourth-order valence-corrected chi connectivity index (χ4v) is 1.79. The Balaban J connectivity index is 2.65. The Labute approximate surface area is 88.9 Å². The van der Waals surface area contributed by atoms with Crippen molar-refractivity contribution in [2.24, 2.45) is 0 Å². The Hall–Kier alpha value is -1.82. The van der Waals surface area contributed by atoms with Crippen LogP contribution in [-0.2, 0) is 6.54 Å². The summed E-state index contributed by atoms with van der Waals surface area (Å²) >= 11 is 0. The fourth-order valence-electron chi connectivity index (χ4n) is 1.79. The maximum absolute atomic E-state index is 8.82. The van der Waals surface area contributed by atoms with Crippen LogP contribution < -0.4 is 0 Å². The minimum absolute atomic E-state index is 0.696. The Bertz CT molecular complexity index is 532. The molecule has 0 amide bonds. The number of rotatable bonds is 2. The summed E-state index contributed by atoms with van der Waals surface area (Å²) in [5.41, 5.74) is 2.81. The number of aryl methyl sites for hydroxylation is 2. The summed E-state index contributed by atoms with van der Waals surface area (Å²) in [5, 5.41) is 14.4. The van der Waals surface area contributed by atoms with Crippen LogP contribution >= 0.6 is 0 Å². The molecule has 3 nitrogen and oxygen atoms in total. The zero-order chi connectivity index (χ0) is 10.8. The van der Waals surface area contributed by atoms with Gasteiger partial charge in [0, 0.05) is 11.9 Å². The average Bonchev–Trinajstić information content (AvgIpc) is 2.56. The van der Waals surface area contributed by atoms with E-state index in [1.165, 1.54) is 0 Å². The maximum Gasteiger partial charge on any atom is 0.0991 e. The second-order valence-corrected chi connectivity index (χ2v) is 3.65. The van der Waals surface area contributed by atoms with E-state index in [-0.39, 0.29) is 0 Å². The number of hydrogen-bond acceptors (Lipinski definition) is 2. The van der Waals surface area contributed by atoms with Crippen molar-refractivity contribution in [3.63, 3.8) is 0 Å². The maximum atomic E-state index is 8.82. The summed E-state index contributed by atoms with van der Waals surface area (Å²) in [6, 6.07) is 7.88. The zero-order valence-corrected chi connectivity index (χ0v) is 8.99. The van der Waals surface area contributed by atoms with Gasteiger partial charge in [-0.05, 0) is 31.5 Å². The summed E-state index contributed by atoms with van der Waals surface area (Å²) in [7, 11) is 0. The monoisotopic (exact) mass is 199 g/mol. The third kappa shape index (κ3) is 1.59. The molecule has 0 aliphatic carbocycles. The molecule has 0 aliphatic heterocycles. The van der Waals surface area contributed by atoms with E-state index in [0.717, 1.165) is 29.6 Å². The molecule has 15 heavy (non-hydrogen) atoms. The van der Waals surface area contributed by atoms with E-state index in [4.69, 9.17) is 5.26 Å². The number of aromatic nitrogens is 2. The summed E-state index contributed by atoms with van der Waals surface area (Å²) in [6.07, 6.45) is 1.07. The molecule has 0 aliphatic rings. The van der Waals surface area contributed by atoms with E-state index in [2.05, 4.69) is 18.1 Å². The van der Waals surface area contributed by atoms with Gasteiger partial charge in [0.2, 0.25) is 0 Å². The molecule has 2 aromatic rings. The number of nitrogens with zero attached hydrogens (tertiary/aromatic N) is 3. The van der Waals surface area contributed by atoms with Gasteiger partial charge in [0.15, 0.2) is 0 Å². The highest BCUT2D eigenvalue weighted by atomic mass is 15.3. The Morgan fingerprint density at radius 1 is 1.47 bits per heavy atom. The van der Waals surface area contributed by atoms with Gasteiger partial charge in [-0.1, -0.05) is 6.92 Å². The lowest BCUT2D eigenvalue weighted by atomic mass is 10.1. The van der Waals surface area contributed by atoms with Crippen LogP contribution in [-0.4, -0.2) is 9.78 Å². The van der Waals surface area contributed by atoms with Gasteiger partial charge >= 0.3 is 0 Å². The third-order valence-electron chi connectivity index (χ3n) is 2.50. The summed E-state index contributed by atoms with van der Waals surface area (Å²) in [6.45, 7) is 5.04. The number of benzene rings is 1. The molecule has 0 unspecified atom stereocenters. The molecule has 76 valence electrons. The van der Waals surface area contributed by atoms with Crippen LogP contribution in [0, 0.1) is 18.3 Å². The second-order valence-electron chi connectivity index (χ2n) is 3.65. The Kier molecular flexibility index (Phi) is 2.42. The van der Waals surface area contributed by atoms with E-state index in [1.54, 1.807) is 0 Å². The topological polar surface area (TPSA) is 41.6 Å². The van der Waals surface area contributed by atoms with E-state index in [0.29, 0.717) is 5.56 Å². The highest BCUT2D eigenvalue weighted by Crippen LogP contribution is 2.19. The predicted molar refractivity (Wildman–Crippen MR) is 59.5 cm³/mol. The molecule has 0 atom stereocenters. The quantitative estimate of drug-likeness (QED) is 0.746. The molecule has 0 bridgehead atoms. The van der Waals surface area contributed by atoms with E-state index >= 15 is 0 Å². The highest BCUT2D eigenvalue weighted by Gasteiger charge is 2.06. The van der Waals surface area contributed by atoms with Gasteiger partial charge in [0.25, 0.3) is 0 Å². The van der Waals surface area contributed by atoms with Crippen LogP contribution in [0.25, 0.3) is 10.9 Å². The first-order valence-corrected chi connectivity index (χ1v) is 5.13. The lowest BCUT2D eigenvalue weighted by Crippen LogP contribution is -1.98. The fraction of sp³-hybridized carbons (Fsp3) is 0.333. The molecule has 0 spiro atoms. The lowest BCUT2D eigenvalue weighted by molar-refractivity contribution is 0.617. The first-order valence-electron chi connectivity index (χ1n) is 5.13. The molecule has 2 rings (SSSR count). The van der Waals surface area contributed by atoms with Crippen LogP contribution in [0.2, 0.25) is 0 Å². The van der Waals surface area contributed by atoms with Gasteiger partial charge in [-0.2, -0.15) is 10.4 Å². The number of hydrogen-bond donors (Lipinski definition) is 0. The largest absolute Gasteiger partial charge is 0.265 e. The molecule has 0 radical (unpaired) electrons. The minimum atomic E-state index is 0.696.